The molecule has 0 radical (unpaired) electrons. The van der Waals surface area contributed by atoms with Crippen molar-refractivity contribution < 1.29 is 28.7 Å². The summed E-state index contributed by atoms with van der Waals surface area (Å²) in [5, 5.41) is 11.1. The number of methoxy groups -OCH3 is 2. The first kappa shape index (κ1) is 36.8. The van der Waals surface area contributed by atoms with Gasteiger partial charge in [0.15, 0.2) is 0 Å². The average Bonchev–Trinajstić information content (AvgIpc) is 3.60. The lowest BCUT2D eigenvalue weighted by Gasteiger charge is -2.36. The molecule has 0 saturated carbocycles. The number of nitrogens with one attached hydrogen (secondary N) is 2. The van der Waals surface area contributed by atoms with E-state index in [-0.39, 0.29) is 30.7 Å². The third-order valence-electron chi connectivity index (χ3n) is 10.5. The van der Waals surface area contributed by atoms with E-state index in [0.29, 0.717) is 53.3 Å². The van der Waals surface area contributed by atoms with Crippen LogP contribution in [0.5, 0.6) is 11.5 Å². The zero-order valence-electron chi connectivity index (χ0n) is 31.0. The Morgan fingerprint density at radius 3 is 2.33 bits per heavy atom. The van der Waals surface area contributed by atoms with E-state index in [9.17, 15) is 19.2 Å². The third-order valence-corrected chi connectivity index (χ3v) is 10.5. The maximum absolute atomic E-state index is 13.5. The number of nitrogens with zero attached hydrogens (tertiary/aromatic N) is 7. The van der Waals surface area contributed by atoms with Gasteiger partial charge >= 0.3 is 6.03 Å². The maximum atomic E-state index is 13.5. The lowest BCUT2D eigenvalue weighted by molar-refractivity contribution is -0.120. The van der Waals surface area contributed by atoms with Crippen LogP contribution in [-0.4, -0.2) is 126 Å². The fourth-order valence-corrected chi connectivity index (χ4v) is 7.49. The zero-order valence-corrected chi connectivity index (χ0v) is 31.0. The van der Waals surface area contributed by atoms with E-state index in [1.165, 1.54) is 12.0 Å². The van der Waals surface area contributed by atoms with E-state index in [0.717, 1.165) is 75.1 Å². The number of carbonyl (C=O) groups excluding carboxylic acids is 4. The second-order valence-electron chi connectivity index (χ2n) is 14.0. The van der Waals surface area contributed by atoms with Gasteiger partial charge in [-0.3, -0.25) is 34.2 Å². The van der Waals surface area contributed by atoms with E-state index in [1.54, 1.807) is 31.4 Å². The number of benzene rings is 2. The predicted octanol–water partition coefficient (Wildman–Crippen LogP) is 3.94. The van der Waals surface area contributed by atoms with Crippen molar-refractivity contribution >= 4 is 46.0 Å². The summed E-state index contributed by atoms with van der Waals surface area (Å²) < 4.78 is 13.1. The molecule has 284 valence electrons. The van der Waals surface area contributed by atoms with Gasteiger partial charge in [0.1, 0.15) is 17.2 Å². The Hall–Kier alpha value is -5.54. The van der Waals surface area contributed by atoms with Crippen LogP contribution >= 0.6 is 0 Å². The number of likely N-dealkylation sites (tertiary alicyclic amines) is 1. The van der Waals surface area contributed by atoms with Crippen molar-refractivity contribution in [3.05, 3.63) is 71.7 Å². The summed E-state index contributed by atoms with van der Waals surface area (Å²) in [7, 11) is 3.10. The van der Waals surface area contributed by atoms with E-state index in [4.69, 9.17) is 14.6 Å². The maximum Gasteiger partial charge on any atom is 0.328 e. The SMILES string of the molecule is COc1cc2nn(C3CCN(CCCN4CCN(C(=O)c5ccc(OC)c(N6CCC(=O)NC6=O)c5)CC4)CC3)cc2cc1NC(=O)c1cccc(C)n1. The largest absolute Gasteiger partial charge is 0.495 e. The number of amides is 5. The van der Waals surface area contributed by atoms with Crippen LogP contribution in [0.15, 0.2) is 54.7 Å². The number of ether oxygens (including phenoxy) is 2. The van der Waals surface area contributed by atoms with Crippen LogP contribution < -0.4 is 25.0 Å². The molecule has 3 fully saturated rings. The Morgan fingerprint density at radius 1 is 0.889 bits per heavy atom. The number of rotatable bonds is 11. The fourth-order valence-electron chi connectivity index (χ4n) is 7.49. The van der Waals surface area contributed by atoms with Gasteiger partial charge in [-0.25, -0.2) is 9.78 Å². The number of urea groups is 1. The number of hydrogen-bond acceptors (Lipinski definition) is 10. The predicted molar refractivity (Wildman–Crippen MR) is 203 cm³/mol. The lowest BCUT2D eigenvalue weighted by Crippen LogP contribution is -2.50. The van der Waals surface area contributed by atoms with Gasteiger partial charge in [-0.2, -0.15) is 5.10 Å². The molecule has 54 heavy (non-hydrogen) atoms. The number of aromatic nitrogens is 3. The summed E-state index contributed by atoms with van der Waals surface area (Å²) in [5.41, 5.74) is 3.49. The number of piperazine rings is 1. The molecule has 0 atom stereocenters. The van der Waals surface area contributed by atoms with Crippen LogP contribution in [0.3, 0.4) is 0 Å². The van der Waals surface area contributed by atoms with Gasteiger partial charge in [-0.1, -0.05) is 6.07 Å². The van der Waals surface area contributed by atoms with Gasteiger partial charge in [0.2, 0.25) is 5.91 Å². The highest BCUT2D eigenvalue weighted by Crippen LogP contribution is 2.33. The molecule has 0 spiro atoms. The molecule has 0 unspecified atom stereocenters. The normalized spacial score (nSPS) is 17.5. The number of anilines is 2. The highest BCUT2D eigenvalue weighted by molar-refractivity contribution is 6.07. The van der Waals surface area contributed by atoms with Crippen LogP contribution in [-0.2, 0) is 4.79 Å². The molecule has 2 aromatic heterocycles. The molecule has 3 saturated heterocycles. The first-order valence-corrected chi connectivity index (χ1v) is 18.5. The molecule has 2 N–H and O–H groups in total. The van der Waals surface area contributed by atoms with Crippen LogP contribution in [0.2, 0.25) is 0 Å². The third kappa shape index (κ3) is 8.16. The minimum absolute atomic E-state index is 0.0815. The monoisotopic (exact) mass is 737 g/mol. The fraction of sp³-hybridized carbons (Fsp3) is 0.436. The summed E-state index contributed by atoms with van der Waals surface area (Å²) in [6, 6.07) is 14.0. The summed E-state index contributed by atoms with van der Waals surface area (Å²) in [6.07, 6.45) is 5.30. The molecule has 3 aliphatic rings. The quantitative estimate of drug-likeness (QED) is 0.232. The molecule has 0 bridgehead atoms. The van der Waals surface area contributed by atoms with Crippen LogP contribution in [0, 0.1) is 6.92 Å². The molecule has 15 nitrogen and oxygen atoms in total. The molecular weight excluding hydrogens is 690 g/mol. The number of fused-ring (bicyclic) bond motifs is 1. The van der Waals surface area contributed by atoms with Crippen molar-refractivity contribution in [2.45, 2.75) is 38.6 Å². The van der Waals surface area contributed by atoms with E-state index >= 15 is 0 Å². The average molecular weight is 738 g/mol. The molecule has 5 amide bonds. The Morgan fingerprint density at radius 2 is 1.63 bits per heavy atom. The van der Waals surface area contributed by atoms with Crippen LogP contribution in [0.4, 0.5) is 16.2 Å². The second-order valence-corrected chi connectivity index (χ2v) is 14.0. The molecule has 4 aromatic rings. The van der Waals surface area contributed by atoms with E-state index in [2.05, 4.69) is 36.3 Å². The molecule has 7 rings (SSSR count). The van der Waals surface area contributed by atoms with Gasteiger partial charge in [0.05, 0.1) is 37.2 Å². The van der Waals surface area contributed by atoms with Gasteiger partial charge in [-0.05, 0) is 75.7 Å². The number of hydrogen-bond donors (Lipinski definition) is 2. The van der Waals surface area contributed by atoms with E-state index in [1.807, 2.05) is 36.1 Å². The van der Waals surface area contributed by atoms with Crippen molar-refractivity contribution in [2.24, 2.45) is 0 Å². The first-order chi connectivity index (χ1) is 26.2. The smallest absolute Gasteiger partial charge is 0.328 e. The van der Waals surface area contributed by atoms with Gasteiger partial charge in [0.25, 0.3) is 11.8 Å². The second kappa shape index (κ2) is 16.2. The van der Waals surface area contributed by atoms with Gasteiger partial charge in [-0.15, -0.1) is 0 Å². The first-order valence-electron chi connectivity index (χ1n) is 18.5. The molecule has 5 heterocycles. The van der Waals surface area contributed by atoms with Gasteiger partial charge < -0.3 is 24.6 Å². The molecule has 2 aromatic carbocycles. The van der Waals surface area contributed by atoms with Crippen molar-refractivity contribution in [1.29, 1.82) is 0 Å². The Labute approximate surface area is 314 Å². The molecule has 3 aliphatic heterocycles. The van der Waals surface area contributed by atoms with Crippen molar-refractivity contribution in [3.63, 3.8) is 0 Å². The lowest BCUT2D eigenvalue weighted by atomic mass is 10.1. The standard InChI is InChI=1S/C39H47N9O6/c1-26-6-4-7-30(40-26)37(50)41-32-22-28-25-48(43-31(28)24-35(32)54-3)29-10-15-44(16-11-29)13-5-14-45-18-20-46(21-19-45)38(51)27-8-9-34(53-2)33(23-27)47-17-12-36(49)42-39(47)52/h4,6-9,22-25,29H,5,10-21H2,1-3H3,(H,41,50)(H,42,49,52). The Bertz CT molecular complexity index is 2030. The number of imide groups is 1. The minimum atomic E-state index is -0.518. The Kier molecular flexibility index (Phi) is 11.1. The zero-order chi connectivity index (χ0) is 37.8. The summed E-state index contributed by atoms with van der Waals surface area (Å²) in [4.78, 5) is 63.1. The molecule has 15 heteroatoms. The summed E-state index contributed by atoms with van der Waals surface area (Å²) in [5.74, 6) is 0.328. The van der Waals surface area contributed by atoms with Gasteiger partial charge in [0, 0.05) is 81.1 Å². The minimum Gasteiger partial charge on any atom is -0.495 e. The highest BCUT2D eigenvalue weighted by atomic mass is 16.5. The number of carbonyl (C=O) groups is 4. The van der Waals surface area contributed by atoms with Crippen LogP contribution in [0.1, 0.15) is 58.3 Å². The van der Waals surface area contributed by atoms with E-state index < -0.39 is 6.03 Å². The van der Waals surface area contributed by atoms with Crippen LogP contribution in [0.25, 0.3) is 10.9 Å². The van der Waals surface area contributed by atoms with Crippen molar-refractivity contribution in [1.82, 2.24) is 34.8 Å². The number of piperidine rings is 1. The molecule has 0 aliphatic carbocycles. The number of aryl methyl sites for hydroxylation is 1. The van der Waals surface area contributed by atoms with Crippen molar-refractivity contribution in [3.8, 4) is 11.5 Å². The van der Waals surface area contributed by atoms with Crippen molar-refractivity contribution in [2.75, 3.05) is 83.3 Å². The number of pyridine rings is 1. The summed E-state index contributed by atoms with van der Waals surface area (Å²) >= 11 is 0. The topological polar surface area (TPSA) is 154 Å². The molecular formula is C39H47N9O6. The summed E-state index contributed by atoms with van der Waals surface area (Å²) in [6.45, 7) is 8.94. The highest BCUT2D eigenvalue weighted by Gasteiger charge is 2.29. The Balaban J connectivity index is 0.862.